The fraction of sp³-hybridized carbons (Fsp3) is 0. The number of nitrogens with zero attached hydrogens (tertiary/aromatic N) is 3. The summed E-state index contributed by atoms with van der Waals surface area (Å²) >= 11 is 0. The van der Waals surface area contributed by atoms with Crippen molar-refractivity contribution in [2.45, 2.75) is 0 Å². The average molecular weight is 351 g/mol. The Morgan fingerprint density at radius 2 is 1.85 bits per heavy atom. The van der Waals surface area contributed by atoms with Crippen molar-refractivity contribution in [3.05, 3.63) is 73.4 Å². The quantitative estimate of drug-likeness (QED) is 0.414. The minimum Gasteiger partial charge on any atom is -0.361 e. The van der Waals surface area contributed by atoms with Gasteiger partial charge in [0.1, 0.15) is 11.8 Å². The maximum atomic E-state index is 4.62. The van der Waals surface area contributed by atoms with Gasteiger partial charge in [0, 0.05) is 40.7 Å². The number of hydrogen-bond donors (Lipinski definition) is 3. The minimum atomic E-state index is 0.875. The third-order valence-corrected chi connectivity index (χ3v) is 4.93. The first-order valence-electron chi connectivity index (χ1n) is 8.75. The predicted molar refractivity (Wildman–Crippen MR) is 105 cm³/mol. The summed E-state index contributed by atoms with van der Waals surface area (Å²) in [5.74, 6) is 1.00. The molecule has 6 heteroatoms. The second-order valence-corrected chi connectivity index (χ2v) is 6.63. The van der Waals surface area contributed by atoms with Crippen LogP contribution >= 0.6 is 0 Å². The molecule has 0 saturated heterocycles. The Morgan fingerprint density at radius 1 is 0.852 bits per heavy atom. The van der Waals surface area contributed by atoms with Crippen LogP contribution in [0.2, 0.25) is 0 Å². The van der Waals surface area contributed by atoms with Gasteiger partial charge < -0.3 is 9.97 Å². The third-order valence-electron chi connectivity index (χ3n) is 4.93. The molecule has 27 heavy (non-hydrogen) atoms. The molecule has 128 valence electrons. The fourth-order valence-electron chi connectivity index (χ4n) is 3.55. The van der Waals surface area contributed by atoms with Crippen molar-refractivity contribution in [2.24, 2.45) is 0 Å². The molecular formula is C21H15N6+. The number of H-pyrrole nitrogens is 3. The number of aromatic amines is 3. The molecule has 0 atom stereocenters. The van der Waals surface area contributed by atoms with Crippen molar-refractivity contribution in [3.8, 4) is 17.2 Å². The van der Waals surface area contributed by atoms with Crippen molar-refractivity contribution in [1.29, 1.82) is 0 Å². The lowest BCUT2D eigenvalue weighted by atomic mass is 10.2. The Kier molecular flexibility index (Phi) is 2.79. The van der Waals surface area contributed by atoms with Gasteiger partial charge in [-0.1, -0.05) is 0 Å². The minimum absolute atomic E-state index is 0.875. The molecule has 0 radical (unpaired) electrons. The molecule has 0 amide bonds. The zero-order valence-corrected chi connectivity index (χ0v) is 14.3. The van der Waals surface area contributed by atoms with Gasteiger partial charge in [0.2, 0.25) is 0 Å². The number of hydrogen-bond acceptors (Lipinski definition) is 2. The van der Waals surface area contributed by atoms with Crippen LogP contribution in [0.25, 0.3) is 50.0 Å². The van der Waals surface area contributed by atoms with Gasteiger partial charge in [0.25, 0.3) is 5.82 Å². The van der Waals surface area contributed by atoms with E-state index < -0.39 is 0 Å². The van der Waals surface area contributed by atoms with E-state index in [2.05, 4.69) is 66.0 Å². The first-order valence-corrected chi connectivity index (χ1v) is 8.75. The molecule has 3 N–H and O–H groups in total. The largest absolute Gasteiger partial charge is 0.361 e. The van der Waals surface area contributed by atoms with Crippen LogP contribution in [0.15, 0.2) is 73.4 Å². The molecule has 0 fully saturated rings. The van der Waals surface area contributed by atoms with Gasteiger partial charge in [-0.25, -0.2) is 14.5 Å². The van der Waals surface area contributed by atoms with Crippen LogP contribution in [0.1, 0.15) is 0 Å². The number of aromatic nitrogens is 6. The monoisotopic (exact) mass is 351 g/mol. The summed E-state index contributed by atoms with van der Waals surface area (Å²) in [6.45, 7) is 0. The summed E-state index contributed by atoms with van der Waals surface area (Å²) < 4.78 is 2.09. The molecule has 6 nitrogen and oxygen atoms in total. The second kappa shape index (κ2) is 5.28. The Labute approximate surface area is 153 Å². The highest BCUT2D eigenvalue weighted by atomic mass is 15.0. The van der Waals surface area contributed by atoms with E-state index in [0.717, 1.165) is 44.7 Å². The van der Waals surface area contributed by atoms with Crippen molar-refractivity contribution in [2.75, 3.05) is 0 Å². The summed E-state index contributed by atoms with van der Waals surface area (Å²) in [5, 5.41) is 3.36. The van der Waals surface area contributed by atoms with Gasteiger partial charge in [0.05, 0.1) is 29.3 Å². The molecule has 0 spiro atoms. The molecule has 6 rings (SSSR count). The molecule has 0 saturated carbocycles. The van der Waals surface area contributed by atoms with Gasteiger partial charge in [-0.3, -0.25) is 4.98 Å². The zero-order chi connectivity index (χ0) is 17.8. The second-order valence-electron chi connectivity index (χ2n) is 6.63. The predicted octanol–water partition coefficient (Wildman–Crippen LogP) is 3.86. The standard InChI is InChI=1S/C21H14N6/c1-2-13-8-18(26-21(13)23-5-1)17-9-15-10-20(25-19(15)11-24-17)27-7-4-16-14(12-27)3-6-22-16/h1-12H,(H2,23,24,25,26)/p+1. The topological polar surface area (TPSA) is 77.0 Å². The summed E-state index contributed by atoms with van der Waals surface area (Å²) in [4.78, 5) is 19.0. The van der Waals surface area contributed by atoms with Crippen LogP contribution < -0.4 is 4.57 Å². The highest BCUT2D eigenvalue weighted by molar-refractivity contribution is 5.87. The molecule has 6 aromatic heterocycles. The van der Waals surface area contributed by atoms with Crippen molar-refractivity contribution in [3.63, 3.8) is 0 Å². The summed E-state index contributed by atoms with van der Waals surface area (Å²) in [5.41, 5.74) is 4.87. The molecule has 0 bridgehead atoms. The van der Waals surface area contributed by atoms with Gasteiger partial charge in [0.15, 0.2) is 5.52 Å². The number of nitrogens with one attached hydrogen (secondary N) is 3. The fourth-order valence-corrected chi connectivity index (χ4v) is 3.55. The van der Waals surface area contributed by atoms with Gasteiger partial charge in [-0.15, -0.1) is 0 Å². The zero-order valence-electron chi connectivity index (χ0n) is 14.3. The molecule has 0 aliphatic carbocycles. The summed E-state index contributed by atoms with van der Waals surface area (Å²) in [7, 11) is 0. The van der Waals surface area contributed by atoms with E-state index in [-0.39, 0.29) is 0 Å². The lowest BCUT2D eigenvalue weighted by molar-refractivity contribution is -0.597. The smallest absolute Gasteiger partial charge is 0.284 e. The van der Waals surface area contributed by atoms with Crippen molar-refractivity contribution in [1.82, 2.24) is 24.9 Å². The molecule has 6 aromatic rings. The van der Waals surface area contributed by atoms with E-state index in [0.29, 0.717) is 0 Å². The third kappa shape index (κ3) is 2.23. The first kappa shape index (κ1) is 14.3. The van der Waals surface area contributed by atoms with E-state index >= 15 is 0 Å². The Bertz CT molecular complexity index is 1400. The molecule has 6 heterocycles. The van der Waals surface area contributed by atoms with E-state index in [4.69, 9.17) is 0 Å². The van der Waals surface area contributed by atoms with Crippen LogP contribution in [0.4, 0.5) is 0 Å². The number of fused-ring (bicyclic) bond motifs is 3. The Morgan fingerprint density at radius 3 is 2.81 bits per heavy atom. The molecular weight excluding hydrogens is 336 g/mol. The highest BCUT2D eigenvalue weighted by Crippen LogP contribution is 2.25. The van der Waals surface area contributed by atoms with Gasteiger partial charge >= 0.3 is 0 Å². The lowest BCUT2D eigenvalue weighted by Crippen LogP contribution is -2.29. The van der Waals surface area contributed by atoms with E-state index in [9.17, 15) is 0 Å². The maximum absolute atomic E-state index is 4.62. The SMILES string of the molecule is c1cnc2[nH]c(-c3cc4cc(-[n+]5ccc6[nH]ccc6c5)[nH]c4cn3)cc2c1. The Hall–Kier alpha value is -3.93. The van der Waals surface area contributed by atoms with Crippen LogP contribution in [-0.2, 0) is 0 Å². The Balaban J connectivity index is 1.46. The van der Waals surface area contributed by atoms with Crippen LogP contribution in [0, 0.1) is 0 Å². The number of rotatable bonds is 2. The maximum Gasteiger partial charge on any atom is 0.284 e. The van der Waals surface area contributed by atoms with Crippen LogP contribution in [0.5, 0.6) is 0 Å². The summed E-state index contributed by atoms with van der Waals surface area (Å²) in [6.07, 6.45) is 9.76. The van der Waals surface area contributed by atoms with Crippen LogP contribution in [0.3, 0.4) is 0 Å². The molecule has 0 aliphatic heterocycles. The first-order chi connectivity index (χ1) is 13.3. The van der Waals surface area contributed by atoms with E-state index in [1.54, 1.807) is 6.20 Å². The summed E-state index contributed by atoms with van der Waals surface area (Å²) in [6, 6.07) is 14.4. The van der Waals surface area contributed by atoms with Gasteiger partial charge in [-0.05, 0) is 30.3 Å². The van der Waals surface area contributed by atoms with Crippen LogP contribution in [-0.4, -0.2) is 24.9 Å². The lowest BCUT2D eigenvalue weighted by Gasteiger charge is -1.95. The molecule has 0 unspecified atom stereocenters. The highest BCUT2D eigenvalue weighted by Gasteiger charge is 2.13. The van der Waals surface area contributed by atoms with Crippen molar-refractivity contribution < 1.29 is 4.57 Å². The normalized spacial score (nSPS) is 11.7. The number of pyridine rings is 3. The van der Waals surface area contributed by atoms with E-state index in [1.165, 1.54) is 5.39 Å². The van der Waals surface area contributed by atoms with Gasteiger partial charge in [-0.2, -0.15) is 0 Å². The molecule has 0 aromatic carbocycles. The van der Waals surface area contributed by atoms with Crippen molar-refractivity contribution >= 4 is 32.8 Å². The average Bonchev–Trinajstić information content (AvgIpc) is 3.42. The molecule has 0 aliphatic rings. The van der Waals surface area contributed by atoms with E-state index in [1.807, 2.05) is 30.7 Å².